The highest BCUT2D eigenvalue weighted by Crippen LogP contribution is 2.44. The lowest BCUT2D eigenvalue weighted by Crippen LogP contribution is -2.44. The number of esters is 1. The molecule has 3 atom stereocenters. The largest absolute Gasteiger partial charge is 0.454 e. The lowest BCUT2D eigenvalue weighted by Gasteiger charge is -2.26. The Hall–Kier alpha value is -6.00. The molecule has 0 saturated carbocycles. The number of ether oxygens (including phenoxy) is 2. The number of nitrogens with zero attached hydrogens (tertiary/aromatic N) is 1. The zero-order valence-corrected chi connectivity index (χ0v) is 31.0. The van der Waals surface area contributed by atoms with Crippen molar-refractivity contribution in [3.05, 3.63) is 157 Å². The van der Waals surface area contributed by atoms with Gasteiger partial charge in [0.25, 0.3) is 0 Å². The zero-order valence-electron chi connectivity index (χ0n) is 31.0. The van der Waals surface area contributed by atoms with E-state index in [0.717, 1.165) is 27.8 Å². The monoisotopic (exact) mass is 743 g/mol. The van der Waals surface area contributed by atoms with Gasteiger partial charge in [0.1, 0.15) is 18.8 Å². The molecule has 0 aliphatic heterocycles. The highest BCUT2D eigenvalue weighted by atomic mass is 16.6. The lowest BCUT2D eigenvalue weighted by molar-refractivity contribution is -0.152. The number of aliphatic hydroxyl groups excluding tert-OH is 1. The molecule has 0 spiro atoms. The number of alkyl carbamates (subject to hydrolysis) is 1. The third-order valence-electron chi connectivity index (χ3n) is 9.65. The van der Waals surface area contributed by atoms with Crippen molar-refractivity contribution in [2.24, 2.45) is 5.92 Å². The maximum Gasteiger partial charge on any atom is 0.407 e. The summed E-state index contributed by atoms with van der Waals surface area (Å²) in [5, 5.41) is 15.2. The summed E-state index contributed by atoms with van der Waals surface area (Å²) in [6, 6.07) is 33.4. The number of hydrogen-bond acceptors (Lipinski definition) is 7. The van der Waals surface area contributed by atoms with E-state index in [0.29, 0.717) is 18.5 Å². The van der Waals surface area contributed by atoms with Gasteiger partial charge in [-0.2, -0.15) is 0 Å². The van der Waals surface area contributed by atoms with E-state index >= 15 is 0 Å². The molecule has 3 amide bonds. The predicted molar refractivity (Wildman–Crippen MR) is 212 cm³/mol. The van der Waals surface area contributed by atoms with Crippen LogP contribution in [0.5, 0.6) is 0 Å². The number of benzene rings is 4. The fourth-order valence-corrected chi connectivity index (χ4v) is 6.81. The first-order valence-corrected chi connectivity index (χ1v) is 18.6. The Morgan fingerprint density at radius 3 is 2.05 bits per heavy atom. The van der Waals surface area contributed by atoms with Gasteiger partial charge in [-0.25, -0.2) is 9.59 Å². The van der Waals surface area contributed by atoms with E-state index < -0.39 is 36.0 Å². The van der Waals surface area contributed by atoms with Crippen LogP contribution in [0.4, 0.5) is 4.79 Å². The Morgan fingerprint density at radius 1 is 0.818 bits per heavy atom. The molecular formula is C45H49N3O7. The third kappa shape index (κ3) is 11.0. The number of carbonyl (C=O) groups is 4. The minimum absolute atomic E-state index is 0.0834. The molecule has 0 aromatic heterocycles. The van der Waals surface area contributed by atoms with Gasteiger partial charge in [0.05, 0.1) is 19.1 Å². The Kier molecular flexibility index (Phi) is 14.9. The molecule has 1 aliphatic rings. The second-order valence-electron chi connectivity index (χ2n) is 13.4. The molecule has 1 aliphatic carbocycles. The van der Waals surface area contributed by atoms with Crippen molar-refractivity contribution in [2.45, 2.75) is 50.3 Å². The van der Waals surface area contributed by atoms with Crippen molar-refractivity contribution in [1.29, 1.82) is 0 Å². The van der Waals surface area contributed by atoms with Crippen LogP contribution in [0.1, 0.15) is 60.0 Å². The molecule has 55 heavy (non-hydrogen) atoms. The number of hydrogen-bond donors (Lipinski definition) is 3. The second kappa shape index (κ2) is 20.5. The van der Waals surface area contributed by atoms with Gasteiger partial charge in [-0.1, -0.05) is 121 Å². The van der Waals surface area contributed by atoms with Crippen LogP contribution < -0.4 is 10.6 Å². The number of rotatable bonds is 20. The summed E-state index contributed by atoms with van der Waals surface area (Å²) in [7, 11) is 0. The molecule has 10 heteroatoms. The first-order chi connectivity index (χ1) is 26.8. The molecule has 4 aromatic rings. The summed E-state index contributed by atoms with van der Waals surface area (Å²) in [6.45, 7) is 7.75. The summed E-state index contributed by atoms with van der Waals surface area (Å²) in [6.07, 6.45) is 2.35. The number of fused-ring (bicyclic) bond motifs is 3. The number of carbonyl (C=O) groups excluding carboxylic acids is 4. The predicted octanol–water partition coefficient (Wildman–Crippen LogP) is 6.86. The summed E-state index contributed by atoms with van der Waals surface area (Å²) in [5.41, 5.74) is 5.89. The van der Waals surface area contributed by atoms with Crippen LogP contribution in [-0.2, 0) is 30.4 Å². The van der Waals surface area contributed by atoms with Crippen LogP contribution in [0, 0.1) is 5.92 Å². The van der Waals surface area contributed by atoms with Crippen molar-refractivity contribution in [3.8, 4) is 11.1 Å². The van der Waals surface area contributed by atoms with E-state index in [9.17, 15) is 24.3 Å². The van der Waals surface area contributed by atoms with E-state index in [1.165, 1.54) is 4.90 Å². The highest BCUT2D eigenvalue weighted by molar-refractivity contribution is 5.86. The third-order valence-corrected chi connectivity index (χ3v) is 9.65. The van der Waals surface area contributed by atoms with Gasteiger partial charge in [0, 0.05) is 25.4 Å². The maximum absolute atomic E-state index is 13.7. The van der Waals surface area contributed by atoms with Gasteiger partial charge < -0.3 is 30.1 Å². The Labute approximate surface area is 322 Å². The average Bonchev–Trinajstić information content (AvgIpc) is 3.53. The van der Waals surface area contributed by atoms with E-state index in [-0.39, 0.29) is 57.4 Å². The van der Waals surface area contributed by atoms with E-state index in [2.05, 4.69) is 35.9 Å². The van der Waals surface area contributed by atoms with Crippen LogP contribution >= 0.6 is 0 Å². The van der Waals surface area contributed by atoms with Crippen molar-refractivity contribution < 1.29 is 33.8 Å². The van der Waals surface area contributed by atoms with Gasteiger partial charge in [-0.05, 0) is 52.6 Å². The van der Waals surface area contributed by atoms with Gasteiger partial charge in [-0.15, -0.1) is 13.2 Å². The topological polar surface area (TPSA) is 134 Å². The molecule has 10 nitrogen and oxygen atoms in total. The number of nitrogens with one attached hydrogen (secondary N) is 2. The molecule has 5 rings (SSSR count). The van der Waals surface area contributed by atoms with Gasteiger partial charge in [-0.3, -0.25) is 9.59 Å². The second-order valence-corrected chi connectivity index (χ2v) is 13.4. The first-order valence-electron chi connectivity index (χ1n) is 18.6. The number of amides is 3. The summed E-state index contributed by atoms with van der Waals surface area (Å²) >= 11 is 0. The Morgan fingerprint density at radius 2 is 1.44 bits per heavy atom. The van der Waals surface area contributed by atoms with Crippen LogP contribution in [0.2, 0.25) is 0 Å². The quantitative estimate of drug-likeness (QED) is 0.0665. The summed E-state index contributed by atoms with van der Waals surface area (Å²) < 4.78 is 11.7. The van der Waals surface area contributed by atoms with Gasteiger partial charge >= 0.3 is 12.1 Å². The molecule has 0 bridgehead atoms. The minimum Gasteiger partial charge on any atom is -0.454 e. The molecule has 4 aromatic carbocycles. The maximum atomic E-state index is 13.7. The minimum atomic E-state index is -1.05. The normalized spacial score (nSPS) is 13.3. The molecule has 3 N–H and O–H groups in total. The molecular weight excluding hydrogens is 695 g/mol. The van der Waals surface area contributed by atoms with E-state index in [1.807, 2.05) is 72.8 Å². The van der Waals surface area contributed by atoms with Crippen LogP contribution in [0.25, 0.3) is 11.1 Å². The Bertz CT molecular complexity index is 1870. The van der Waals surface area contributed by atoms with Crippen molar-refractivity contribution in [1.82, 2.24) is 15.5 Å². The summed E-state index contributed by atoms with van der Waals surface area (Å²) in [5.74, 6) is -2.28. The number of allylic oxidation sites excluding steroid dienone is 2. The van der Waals surface area contributed by atoms with E-state index in [1.54, 1.807) is 36.4 Å². The van der Waals surface area contributed by atoms with Crippen LogP contribution in [0.3, 0.4) is 0 Å². The fraction of sp³-hybridized carbons (Fsp3) is 0.289. The summed E-state index contributed by atoms with van der Waals surface area (Å²) in [4.78, 5) is 55.5. The molecule has 0 radical (unpaired) electrons. The SMILES string of the molecule is C=CCC[C@H](NC(=O)OCC1c2ccccc2-c2ccccc21)C(=O)O[C@H](CNC(=O)[C@@H](CC=C)CC(=O)N(CCO)Cc1ccccc1)c1ccccc1. The molecule has 0 saturated heterocycles. The fourth-order valence-electron chi connectivity index (χ4n) is 6.81. The smallest absolute Gasteiger partial charge is 0.407 e. The lowest BCUT2D eigenvalue weighted by atomic mass is 9.98. The van der Waals surface area contributed by atoms with Gasteiger partial charge in [0.15, 0.2) is 0 Å². The molecule has 0 unspecified atom stereocenters. The molecule has 0 heterocycles. The average molecular weight is 744 g/mol. The van der Waals surface area contributed by atoms with Crippen molar-refractivity contribution >= 4 is 23.9 Å². The van der Waals surface area contributed by atoms with Gasteiger partial charge in [0.2, 0.25) is 11.8 Å². The van der Waals surface area contributed by atoms with E-state index in [4.69, 9.17) is 9.47 Å². The highest BCUT2D eigenvalue weighted by Gasteiger charge is 2.31. The van der Waals surface area contributed by atoms with Crippen LogP contribution in [0.15, 0.2) is 135 Å². The van der Waals surface area contributed by atoms with Crippen molar-refractivity contribution in [3.63, 3.8) is 0 Å². The zero-order chi connectivity index (χ0) is 39.0. The molecule has 0 fully saturated rings. The Balaban J connectivity index is 1.23. The van der Waals surface area contributed by atoms with Crippen molar-refractivity contribution in [2.75, 3.05) is 26.3 Å². The molecule has 286 valence electrons. The first kappa shape index (κ1) is 40.2. The standard InChI is InChI=1S/C45H49N3O7/c1-3-5-25-40(47-45(53)54-31-39-37-23-14-12-21-35(37)36-22-13-15-24-38(36)39)44(52)55-41(33-19-10-7-11-20-33)29-46-43(51)34(16-4-2)28-42(50)48(26-27-49)30-32-17-8-6-9-18-32/h3-4,6-15,17-24,34,39-41,49H,1-2,5,16,25-31H2,(H,46,51)(H,47,53)/t34-,40-,41+/m0/s1. The van der Waals surface area contributed by atoms with Crippen LogP contribution in [-0.4, -0.2) is 66.2 Å². The number of aliphatic hydroxyl groups is 1.